The molecule has 8 nitrogen and oxygen atoms in total. The lowest BCUT2D eigenvalue weighted by Crippen LogP contribution is -2.57. The van der Waals surface area contributed by atoms with Gasteiger partial charge in [-0.15, -0.1) is 11.3 Å². The quantitative estimate of drug-likeness (QED) is 0.397. The summed E-state index contributed by atoms with van der Waals surface area (Å²) < 4.78 is 0.917. The summed E-state index contributed by atoms with van der Waals surface area (Å²) in [7, 11) is 3.87. The minimum atomic E-state index is -0.851. The van der Waals surface area contributed by atoms with Gasteiger partial charge >= 0.3 is 6.03 Å². The molecule has 3 heterocycles. The van der Waals surface area contributed by atoms with E-state index in [1.165, 1.54) is 16.7 Å². The SMILES string of the molecule is Cc1csc(SCC(=O)N2CCC([C@]3(CCC(C)C)NC(=O)N(CCN(C)C)C3=O)CC2)n1. The second-order valence-corrected chi connectivity index (χ2v) is 11.9. The van der Waals surface area contributed by atoms with Crippen LogP contribution in [0.15, 0.2) is 9.72 Å². The Hall–Kier alpha value is -1.65. The van der Waals surface area contributed by atoms with Gasteiger partial charge in [0.2, 0.25) is 5.91 Å². The van der Waals surface area contributed by atoms with Crippen LogP contribution in [0, 0.1) is 18.8 Å². The van der Waals surface area contributed by atoms with E-state index < -0.39 is 5.54 Å². The number of aryl methyl sites for hydroxylation is 1. The van der Waals surface area contributed by atoms with Gasteiger partial charge in [-0.2, -0.15) is 0 Å². The monoisotopic (exact) mass is 495 g/mol. The van der Waals surface area contributed by atoms with E-state index in [0.717, 1.165) is 29.3 Å². The van der Waals surface area contributed by atoms with Crippen LogP contribution in [0.4, 0.5) is 4.79 Å². The van der Waals surface area contributed by atoms with Gasteiger partial charge in [-0.3, -0.25) is 14.5 Å². The average molecular weight is 496 g/mol. The summed E-state index contributed by atoms with van der Waals surface area (Å²) in [5.74, 6) is 0.877. The Morgan fingerprint density at radius 3 is 2.61 bits per heavy atom. The Labute approximate surface area is 205 Å². The summed E-state index contributed by atoms with van der Waals surface area (Å²) in [6.45, 7) is 8.50. The van der Waals surface area contributed by atoms with Crippen LogP contribution in [-0.4, -0.2) is 89.1 Å². The predicted molar refractivity (Wildman–Crippen MR) is 132 cm³/mol. The van der Waals surface area contributed by atoms with Gasteiger partial charge in [-0.25, -0.2) is 9.78 Å². The third-order valence-electron chi connectivity index (χ3n) is 6.55. The van der Waals surface area contributed by atoms with E-state index in [-0.39, 0.29) is 23.8 Å². The molecule has 2 aliphatic rings. The topological polar surface area (TPSA) is 85.9 Å². The molecule has 33 heavy (non-hydrogen) atoms. The highest BCUT2D eigenvalue weighted by molar-refractivity contribution is 8.01. The molecule has 10 heteroatoms. The van der Waals surface area contributed by atoms with Gasteiger partial charge in [0.25, 0.3) is 5.91 Å². The third-order valence-corrected chi connectivity index (χ3v) is 8.67. The molecular weight excluding hydrogens is 458 g/mol. The van der Waals surface area contributed by atoms with E-state index >= 15 is 0 Å². The van der Waals surface area contributed by atoms with Crippen LogP contribution in [0.1, 0.15) is 45.2 Å². The Kier molecular flexibility index (Phi) is 8.80. The van der Waals surface area contributed by atoms with Crippen molar-refractivity contribution in [2.45, 2.75) is 56.3 Å². The van der Waals surface area contributed by atoms with Gasteiger partial charge in [-0.1, -0.05) is 25.6 Å². The smallest absolute Gasteiger partial charge is 0.325 e. The summed E-state index contributed by atoms with van der Waals surface area (Å²) in [6.07, 6.45) is 2.96. The van der Waals surface area contributed by atoms with Crippen molar-refractivity contribution >= 4 is 40.9 Å². The first kappa shape index (κ1) is 26.0. The zero-order valence-electron chi connectivity index (χ0n) is 20.4. The number of nitrogens with zero attached hydrogens (tertiary/aromatic N) is 4. The fourth-order valence-electron chi connectivity index (χ4n) is 4.55. The molecule has 1 aromatic heterocycles. The lowest BCUT2D eigenvalue weighted by Gasteiger charge is -2.41. The first-order valence-electron chi connectivity index (χ1n) is 11.7. The minimum absolute atomic E-state index is 0.0374. The highest BCUT2D eigenvalue weighted by atomic mass is 32.2. The maximum Gasteiger partial charge on any atom is 0.325 e. The maximum absolute atomic E-state index is 13.6. The number of hydrogen-bond acceptors (Lipinski definition) is 7. The lowest BCUT2D eigenvalue weighted by molar-refractivity contribution is -0.135. The van der Waals surface area contributed by atoms with Crippen LogP contribution < -0.4 is 5.32 Å². The normalized spacial score (nSPS) is 22.0. The van der Waals surface area contributed by atoms with Crippen molar-refractivity contribution in [3.05, 3.63) is 11.1 Å². The largest absolute Gasteiger partial charge is 0.342 e. The van der Waals surface area contributed by atoms with Gasteiger partial charge in [0.1, 0.15) is 5.54 Å². The standard InChI is InChI=1S/C23H37N5O3S2/c1-16(2)6-9-23(20(30)28(21(31)25-23)13-12-26(4)5)18-7-10-27(11-8-18)19(29)15-33-22-24-17(3)14-32-22/h14,16,18H,6-13,15H2,1-5H3,(H,25,31)/t23-/m0/s1. The summed E-state index contributed by atoms with van der Waals surface area (Å²) in [5, 5.41) is 5.10. The second kappa shape index (κ2) is 11.2. The van der Waals surface area contributed by atoms with Gasteiger partial charge < -0.3 is 15.1 Å². The average Bonchev–Trinajstić information content (AvgIpc) is 3.29. The van der Waals surface area contributed by atoms with Gasteiger partial charge in [0, 0.05) is 37.3 Å². The van der Waals surface area contributed by atoms with E-state index in [9.17, 15) is 14.4 Å². The second-order valence-electron chi connectivity index (χ2n) is 9.79. The molecule has 1 aromatic rings. The van der Waals surface area contributed by atoms with Crippen molar-refractivity contribution < 1.29 is 14.4 Å². The van der Waals surface area contributed by atoms with Crippen LogP contribution in [-0.2, 0) is 9.59 Å². The van der Waals surface area contributed by atoms with Crippen LogP contribution in [0.5, 0.6) is 0 Å². The number of thiazole rings is 1. The molecule has 1 N–H and O–H groups in total. The summed E-state index contributed by atoms with van der Waals surface area (Å²) in [5.41, 5.74) is 0.126. The molecular formula is C23H37N5O3S2. The Morgan fingerprint density at radius 1 is 1.33 bits per heavy atom. The molecule has 4 amide bonds. The van der Waals surface area contributed by atoms with Crippen molar-refractivity contribution in [2.24, 2.45) is 11.8 Å². The van der Waals surface area contributed by atoms with Crippen molar-refractivity contribution in [2.75, 3.05) is 46.0 Å². The number of carbonyl (C=O) groups is 3. The Morgan fingerprint density at radius 2 is 2.03 bits per heavy atom. The van der Waals surface area contributed by atoms with Crippen LogP contribution in [0.25, 0.3) is 0 Å². The third kappa shape index (κ3) is 6.27. The number of piperidine rings is 1. The molecule has 0 bridgehead atoms. The van der Waals surface area contributed by atoms with Crippen molar-refractivity contribution in [3.8, 4) is 0 Å². The molecule has 0 radical (unpaired) electrons. The molecule has 3 rings (SSSR count). The number of amides is 4. The molecule has 0 aliphatic carbocycles. The van der Waals surface area contributed by atoms with Gasteiger partial charge in [0.15, 0.2) is 4.34 Å². The molecule has 0 aromatic carbocycles. The number of urea groups is 1. The zero-order valence-corrected chi connectivity index (χ0v) is 22.1. The number of rotatable bonds is 10. The number of aromatic nitrogens is 1. The molecule has 2 aliphatic heterocycles. The van der Waals surface area contributed by atoms with Crippen LogP contribution >= 0.6 is 23.1 Å². The molecule has 1 atom stereocenters. The number of imide groups is 1. The number of likely N-dealkylation sites (tertiary alicyclic amines) is 1. The van der Waals surface area contributed by atoms with Crippen LogP contribution in [0.3, 0.4) is 0 Å². The van der Waals surface area contributed by atoms with Crippen molar-refractivity contribution in [1.29, 1.82) is 0 Å². The Balaban J connectivity index is 1.63. The number of carbonyl (C=O) groups excluding carboxylic acids is 3. The number of thioether (sulfide) groups is 1. The maximum atomic E-state index is 13.6. The van der Waals surface area contributed by atoms with E-state index in [4.69, 9.17) is 0 Å². The molecule has 0 unspecified atom stereocenters. The molecule has 184 valence electrons. The minimum Gasteiger partial charge on any atom is -0.342 e. The number of likely N-dealkylation sites (N-methyl/N-ethyl adjacent to an activating group) is 1. The molecule has 2 fully saturated rings. The van der Waals surface area contributed by atoms with E-state index in [2.05, 4.69) is 24.1 Å². The molecule has 0 saturated carbocycles. The highest BCUT2D eigenvalue weighted by Crippen LogP contribution is 2.38. The van der Waals surface area contributed by atoms with E-state index in [0.29, 0.717) is 44.3 Å². The number of nitrogens with one attached hydrogen (secondary N) is 1. The highest BCUT2D eigenvalue weighted by Gasteiger charge is 2.55. The van der Waals surface area contributed by atoms with E-state index in [1.807, 2.05) is 36.2 Å². The first-order chi connectivity index (χ1) is 15.6. The van der Waals surface area contributed by atoms with Crippen molar-refractivity contribution in [1.82, 2.24) is 25.0 Å². The summed E-state index contributed by atoms with van der Waals surface area (Å²) in [6, 6.07) is -0.278. The van der Waals surface area contributed by atoms with E-state index in [1.54, 1.807) is 11.3 Å². The summed E-state index contributed by atoms with van der Waals surface area (Å²) in [4.78, 5) is 48.8. The van der Waals surface area contributed by atoms with Gasteiger partial charge in [0.05, 0.1) is 5.75 Å². The fraction of sp³-hybridized carbons (Fsp3) is 0.739. The van der Waals surface area contributed by atoms with Crippen LogP contribution in [0.2, 0.25) is 0 Å². The summed E-state index contributed by atoms with van der Waals surface area (Å²) >= 11 is 3.05. The molecule has 0 spiro atoms. The van der Waals surface area contributed by atoms with Gasteiger partial charge in [-0.05, 0) is 58.5 Å². The fourth-order valence-corrected chi connectivity index (χ4v) is 6.30. The molecule has 2 saturated heterocycles. The first-order valence-corrected chi connectivity index (χ1v) is 13.6. The lowest BCUT2D eigenvalue weighted by atomic mass is 9.74. The zero-order chi connectivity index (χ0) is 24.2. The predicted octanol–water partition coefficient (Wildman–Crippen LogP) is 3.07. The van der Waals surface area contributed by atoms with Crippen molar-refractivity contribution in [3.63, 3.8) is 0 Å². The Bertz CT molecular complexity index is 851. The number of hydrogen-bond donors (Lipinski definition) is 1.